The van der Waals surface area contributed by atoms with Gasteiger partial charge in [-0.3, -0.25) is 9.69 Å². The molecule has 1 amide bonds. The number of aromatic nitrogens is 2. The van der Waals surface area contributed by atoms with Crippen LogP contribution in [0, 0.1) is 6.92 Å². The number of para-hydroxylation sites is 1. The number of aryl methyl sites for hydroxylation is 1. The smallest absolute Gasteiger partial charge is 0.260 e. The molecule has 2 aromatic carbocycles. The number of rotatable bonds is 4. The second-order valence-corrected chi connectivity index (χ2v) is 7.03. The molecule has 3 aromatic rings. The molecular formula is C21H23N5O2. The van der Waals surface area contributed by atoms with Gasteiger partial charge >= 0.3 is 0 Å². The molecule has 1 saturated heterocycles. The minimum atomic E-state index is -0.174. The maximum atomic E-state index is 12.7. The van der Waals surface area contributed by atoms with E-state index in [9.17, 15) is 4.79 Å². The highest BCUT2D eigenvalue weighted by molar-refractivity contribution is 6.06. The molecule has 1 aliphatic heterocycles. The van der Waals surface area contributed by atoms with E-state index in [0.717, 1.165) is 25.2 Å². The predicted molar refractivity (Wildman–Crippen MR) is 107 cm³/mol. The summed E-state index contributed by atoms with van der Waals surface area (Å²) in [6, 6.07) is 15.0. The summed E-state index contributed by atoms with van der Waals surface area (Å²) in [7, 11) is 2.05. The van der Waals surface area contributed by atoms with E-state index in [1.54, 1.807) is 6.07 Å². The molecule has 1 atom stereocenters. The van der Waals surface area contributed by atoms with Crippen molar-refractivity contribution < 1.29 is 9.32 Å². The molecule has 1 aromatic heterocycles. The van der Waals surface area contributed by atoms with E-state index in [2.05, 4.69) is 32.7 Å². The van der Waals surface area contributed by atoms with Crippen molar-refractivity contribution in [3.63, 3.8) is 0 Å². The summed E-state index contributed by atoms with van der Waals surface area (Å²) < 4.78 is 5.53. The standard InChI is InChI=1S/C21H23N5O2/c1-14-6-5-7-15(12-14)20(27)23-17-9-4-3-8-16(17)21-24-19(25-28-21)18-13-22-10-11-26(18)2/h3-9,12,18,22H,10-11,13H2,1-2H3,(H,23,27). The summed E-state index contributed by atoms with van der Waals surface area (Å²) in [5, 5.41) is 10.5. The number of nitrogens with one attached hydrogen (secondary N) is 2. The number of anilines is 1. The van der Waals surface area contributed by atoms with Gasteiger partial charge in [-0.15, -0.1) is 0 Å². The number of piperazine rings is 1. The van der Waals surface area contributed by atoms with Gasteiger partial charge in [0, 0.05) is 25.2 Å². The quantitative estimate of drug-likeness (QED) is 0.727. The first-order valence-corrected chi connectivity index (χ1v) is 9.34. The van der Waals surface area contributed by atoms with Crippen LogP contribution in [0.1, 0.15) is 27.8 Å². The summed E-state index contributed by atoms with van der Waals surface area (Å²) in [5.74, 6) is 0.866. The van der Waals surface area contributed by atoms with E-state index in [-0.39, 0.29) is 11.9 Å². The number of likely N-dealkylation sites (N-methyl/N-ethyl adjacent to an activating group) is 1. The third-order valence-corrected chi connectivity index (χ3v) is 4.94. The lowest BCUT2D eigenvalue weighted by atomic mass is 10.1. The molecule has 28 heavy (non-hydrogen) atoms. The minimum Gasteiger partial charge on any atom is -0.334 e. The molecule has 1 aliphatic rings. The maximum Gasteiger partial charge on any atom is 0.260 e. The number of carbonyl (C=O) groups excluding carboxylic acids is 1. The molecule has 7 heteroatoms. The maximum absolute atomic E-state index is 12.7. The van der Waals surface area contributed by atoms with Crippen LogP contribution in [0.15, 0.2) is 53.1 Å². The first-order chi connectivity index (χ1) is 13.6. The lowest BCUT2D eigenvalue weighted by Gasteiger charge is -2.30. The van der Waals surface area contributed by atoms with Gasteiger partial charge in [0.25, 0.3) is 11.8 Å². The third-order valence-electron chi connectivity index (χ3n) is 4.94. The zero-order chi connectivity index (χ0) is 19.5. The van der Waals surface area contributed by atoms with Crippen LogP contribution in [0.2, 0.25) is 0 Å². The molecular weight excluding hydrogens is 354 g/mol. The molecule has 0 aliphatic carbocycles. The predicted octanol–water partition coefficient (Wildman–Crippen LogP) is 2.87. The Balaban J connectivity index is 1.59. The van der Waals surface area contributed by atoms with Crippen LogP contribution in [0.3, 0.4) is 0 Å². The fourth-order valence-electron chi connectivity index (χ4n) is 3.33. The summed E-state index contributed by atoms with van der Waals surface area (Å²) in [4.78, 5) is 19.5. The molecule has 2 heterocycles. The molecule has 0 radical (unpaired) electrons. The van der Waals surface area contributed by atoms with Gasteiger partial charge in [0.15, 0.2) is 5.82 Å². The van der Waals surface area contributed by atoms with E-state index in [1.807, 2.05) is 49.4 Å². The molecule has 144 valence electrons. The SMILES string of the molecule is Cc1cccc(C(=O)Nc2ccccc2-c2nc(C3CNCCN3C)no2)c1. The molecule has 2 N–H and O–H groups in total. The summed E-state index contributed by atoms with van der Waals surface area (Å²) >= 11 is 0. The average Bonchev–Trinajstić information content (AvgIpc) is 3.18. The normalized spacial score (nSPS) is 17.4. The van der Waals surface area contributed by atoms with Crippen molar-refractivity contribution in [2.75, 3.05) is 32.0 Å². The molecule has 1 fully saturated rings. The highest BCUT2D eigenvalue weighted by Crippen LogP contribution is 2.29. The van der Waals surface area contributed by atoms with Crippen LogP contribution in [-0.4, -0.2) is 47.6 Å². The number of hydrogen-bond donors (Lipinski definition) is 2. The van der Waals surface area contributed by atoms with Crippen molar-refractivity contribution in [3.8, 4) is 11.5 Å². The Bertz CT molecular complexity index is 984. The number of amides is 1. The fraction of sp³-hybridized carbons (Fsp3) is 0.286. The highest BCUT2D eigenvalue weighted by Gasteiger charge is 2.26. The van der Waals surface area contributed by atoms with Gasteiger partial charge in [0.1, 0.15) is 0 Å². The van der Waals surface area contributed by atoms with Crippen molar-refractivity contribution in [2.24, 2.45) is 0 Å². The molecule has 0 spiro atoms. The largest absolute Gasteiger partial charge is 0.334 e. The summed E-state index contributed by atoms with van der Waals surface area (Å²) in [6.45, 7) is 4.62. The first kappa shape index (κ1) is 18.3. The van der Waals surface area contributed by atoms with Crippen LogP contribution in [0.25, 0.3) is 11.5 Å². The highest BCUT2D eigenvalue weighted by atomic mass is 16.5. The zero-order valence-corrected chi connectivity index (χ0v) is 16.0. The minimum absolute atomic E-state index is 0.0697. The van der Waals surface area contributed by atoms with E-state index < -0.39 is 0 Å². The van der Waals surface area contributed by atoms with Crippen LogP contribution in [-0.2, 0) is 0 Å². The number of benzene rings is 2. The Hall–Kier alpha value is -3.03. The average molecular weight is 377 g/mol. The van der Waals surface area contributed by atoms with Gasteiger partial charge in [0.2, 0.25) is 0 Å². The Kier molecular flexibility index (Phi) is 5.18. The van der Waals surface area contributed by atoms with Crippen LogP contribution in [0.5, 0.6) is 0 Å². The second-order valence-electron chi connectivity index (χ2n) is 7.03. The lowest BCUT2D eigenvalue weighted by molar-refractivity contribution is 0.102. The van der Waals surface area contributed by atoms with Gasteiger partial charge < -0.3 is 15.2 Å². The van der Waals surface area contributed by atoms with E-state index >= 15 is 0 Å². The van der Waals surface area contributed by atoms with Gasteiger partial charge in [-0.25, -0.2) is 0 Å². The first-order valence-electron chi connectivity index (χ1n) is 9.34. The van der Waals surface area contributed by atoms with Crippen molar-refractivity contribution >= 4 is 11.6 Å². The van der Waals surface area contributed by atoms with Crippen LogP contribution >= 0.6 is 0 Å². The fourth-order valence-corrected chi connectivity index (χ4v) is 3.33. The van der Waals surface area contributed by atoms with Gasteiger partial charge in [0.05, 0.1) is 17.3 Å². The van der Waals surface area contributed by atoms with Crippen molar-refractivity contribution in [1.82, 2.24) is 20.4 Å². The van der Waals surface area contributed by atoms with E-state index in [0.29, 0.717) is 28.5 Å². The zero-order valence-electron chi connectivity index (χ0n) is 16.0. The Labute approximate surface area is 163 Å². The monoisotopic (exact) mass is 377 g/mol. The topological polar surface area (TPSA) is 83.3 Å². The molecule has 0 bridgehead atoms. The lowest BCUT2D eigenvalue weighted by Crippen LogP contribution is -2.44. The van der Waals surface area contributed by atoms with Gasteiger partial charge in [-0.05, 0) is 38.2 Å². The van der Waals surface area contributed by atoms with Crippen LogP contribution in [0.4, 0.5) is 5.69 Å². The summed E-state index contributed by atoms with van der Waals surface area (Å²) in [6.07, 6.45) is 0. The molecule has 0 saturated carbocycles. The van der Waals surface area contributed by atoms with Crippen LogP contribution < -0.4 is 10.6 Å². The van der Waals surface area contributed by atoms with Crippen molar-refractivity contribution in [1.29, 1.82) is 0 Å². The number of hydrogen-bond acceptors (Lipinski definition) is 6. The second kappa shape index (κ2) is 7.92. The Morgan fingerprint density at radius 1 is 1.25 bits per heavy atom. The Morgan fingerprint density at radius 2 is 2.11 bits per heavy atom. The van der Waals surface area contributed by atoms with Gasteiger partial charge in [-0.1, -0.05) is 35.0 Å². The Morgan fingerprint density at radius 3 is 2.93 bits per heavy atom. The van der Waals surface area contributed by atoms with Crippen molar-refractivity contribution in [3.05, 3.63) is 65.5 Å². The van der Waals surface area contributed by atoms with E-state index in [4.69, 9.17) is 4.52 Å². The number of nitrogens with zero attached hydrogens (tertiary/aromatic N) is 3. The number of carbonyl (C=O) groups is 1. The summed E-state index contributed by atoms with van der Waals surface area (Å²) in [5.41, 5.74) is 2.98. The van der Waals surface area contributed by atoms with Gasteiger partial charge in [-0.2, -0.15) is 4.98 Å². The molecule has 7 nitrogen and oxygen atoms in total. The molecule has 4 rings (SSSR count). The molecule has 1 unspecified atom stereocenters. The third kappa shape index (κ3) is 3.81. The van der Waals surface area contributed by atoms with E-state index in [1.165, 1.54) is 0 Å². The van der Waals surface area contributed by atoms with Crippen molar-refractivity contribution in [2.45, 2.75) is 13.0 Å².